The molecule has 1 N–H and O–H groups in total. The van der Waals surface area contributed by atoms with Crippen LogP contribution in [-0.2, 0) is 11.3 Å². The normalized spacial score (nSPS) is 10.9. The highest BCUT2D eigenvalue weighted by Gasteiger charge is 2.20. The summed E-state index contributed by atoms with van der Waals surface area (Å²) in [6.45, 7) is 9.93. The lowest BCUT2D eigenvalue weighted by Gasteiger charge is -2.04. The van der Waals surface area contributed by atoms with E-state index in [-0.39, 0.29) is 11.9 Å². The molecular formula is C12H20N2O2S. The topological polar surface area (TPSA) is 51.2 Å². The Balaban J connectivity index is 2.92. The Bertz CT molecular complexity index is 375. The predicted molar refractivity (Wildman–Crippen MR) is 69.5 cm³/mol. The standard InChI is InChI=1S/C12H20N2O2S/c1-5-13-7-9-14-10(8(3)4)11(17-9)12(15)16-6-2/h8,13H,5-7H2,1-4H3. The summed E-state index contributed by atoms with van der Waals surface area (Å²) in [5.41, 5.74) is 0.848. The van der Waals surface area contributed by atoms with E-state index in [1.807, 2.05) is 27.7 Å². The van der Waals surface area contributed by atoms with Crippen molar-refractivity contribution < 1.29 is 9.53 Å². The van der Waals surface area contributed by atoms with Gasteiger partial charge in [0, 0.05) is 6.54 Å². The summed E-state index contributed by atoms with van der Waals surface area (Å²) in [6.07, 6.45) is 0. The number of carbonyl (C=O) groups excluding carboxylic acids is 1. The Hall–Kier alpha value is -0.940. The summed E-state index contributed by atoms with van der Waals surface area (Å²) < 4.78 is 5.05. The summed E-state index contributed by atoms with van der Waals surface area (Å²) in [5.74, 6) is -0.0162. The monoisotopic (exact) mass is 256 g/mol. The fourth-order valence-electron chi connectivity index (χ4n) is 1.42. The molecule has 0 unspecified atom stereocenters. The zero-order chi connectivity index (χ0) is 12.8. The van der Waals surface area contributed by atoms with Gasteiger partial charge in [-0.3, -0.25) is 0 Å². The first-order valence-corrected chi connectivity index (χ1v) is 6.79. The quantitative estimate of drug-likeness (QED) is 0.795. The van der Waals surface area contributed by atoms with E-state index in [9.17, 15) is 4.79 Å². The van der Waals surface area contributed by atoms with Gasteiger partial charge in [-0.1, -0.05) is 20.8 Å². The van der Waals surface area contributed by atoms with E-state index in [0.29, 0.717) is 18.0 Å². The molecule has 1 aromatic heterocycles. The molecular weight excluding hydrogens is 236 g/mol. The van der Waals surface area contributed by atoms with Gasteiger partial charge in [0.25, 0.3) is 0 Å². The zero-order valence-corrected chi connectivity index (χ0v) is 11.7. The lowest BCUT2D eigenvalue weighted by atomic mass is 10.1. The molecule has 0 atom stereocenters. The summed E-state index contributed by atoms with van der Waals surface area (Å²) in [5, 5.41) is 4.15. The van der Waals surface area contributed by atoms with Crippen LogP contribution in [0.5, 0.6) is 0 Å². The van der Waals surface area contributed by atoms with Crippen molar-refractivity contribution in [3.05, 3.63) is 15.6 Å². The number of nitrogens with one attached hydrogen (secondary N) is 1. The highest BCUT2D eigenvalue weighted by molar-refractivity contribution is 7.13. The number of hydrogen-bond acceptors (Lipinski definition) is 5. The molecule has 0 saturated heterocycles. The molecule has 1 rings (SSSR count). The second-order valence-corrected chi connectivity index (χ2v) is 5.06. The van der Waals surface area contributed by atoms with Gasteiger partial charge in [0.1, 0.15) is 9.88 Å². The van der Waals surface area contributed by atoms with Gasteiger partial charge < -0.3 is 10.1 Å². The molecule has 1 aromatic rings. The maximum absolute atomic E-state index is 11.8. The molecule has 1 heterocycles. The van der Waals surface area contributed by atoms with Crippen LogP contribution in [0.15, 0.2) is 0 Å². The predicted octanol–water partition coefficient (Wildman–Crippen LogP) is 2.55. The minimum Gasteiger partial charge on any atom is -0.462 e. The van der Waals surface area contributed by atoms with E-state index in [4.69, 9.17) is 4.74 Å². The number of esters is 1. The largest absolute Gasteiger partial charge is 0.462 e. The smallest absolute Gasteiger partial charge is 0.350 e. The number of aromatic nitrogens is 1. The molecule has 0 aliphatic carbocycles. The first-order valence-electron chi connectivity index (χ1n) is 5.97. The van der Waals surface area contributed by atoms with Gasteiger partial charge in [-0.15, -0.1) is 11.3 Å². The average molecular weight is 256 g/mol. The van der Waals surface area contributed by atoms with Gasteiger partial charge in [0.05, 0.1) is 12.3 Å². The maximum atomic E-state index is 11.8. The molecule has 0 aromatic carbocycles. The molecule has 4 nitrogen and oxygen atoms in total. The van der Waals surface area contributed by atoms with Crippen LogP contribution in [0.1, 0.15) is 54.0 Å². The van der Waals surface area contributed by atoms with Crippen molar-refractivity contribution in [1.82, 2.24) is 10.3 Å². The molecule has 0 radical (unpaired) electrons. The van der Waals surface area contributed by atoms with Gasteiger partial charge in [-0.25, -0.2) is 9.78 Å². The number of ether oxygens (including phenoxy) is 1. The van der Waals surface area contributed by atoms with E-state index < -0.39 is 0 Å². The number of nitrogens with zero attached hydrogens (tertiary/aromatic N) is 1. The van der Waals surface area contributed by atoms with E-state index in [1.165, 1.54) is 11.3 Å². The van der Waals surface area contributed by atoms with Crippen LogP contribution in [0.3, 0.4) is 0 Å². The van der Waals surface area contributed by atoms with E-state index in [1.54, 1.807) is 0 Å². The van der Waals surface area contributed by atoms with Crippen LogP contribution in [0.25, 0.3) is 0 Å². The summed E-state index contributed by atoms with van der Waals surface area (Å²) in [4.78, 5) is 16.9. The van der Waals surface area contributed by atoms with Crippen molar-refractivity contribution in [3.63, 3.8) is 0 Å². The Labute approximate surface area is 106 Å². The highest BCUT2D eigenvalue weighted by Crippen LogP contribution is 2.25. The number of carbonyl (C=O) groups is 1. The third kappa shape index (κ3) is 3.78. The SMILES string of the molecule is CCNCc1nc(C(C)C)c(C(=O)OCC)s1. The Kier molecular flexibility index (Phi) is 5.58. The Morgan fingerprint density at radius 3 is 2.71 bits per heavy atom. The van der Waals surface area contributed by atoms with Gasteiger partial charge in [0.15, 0.2) is 0 Å². The molecule has 0 aliphatic rings. The van der Waals surface area contributed by atoms with Crippen LogP contribution < -0.4 is 5.32 Å². The minimum absolute atomic E-state index is 0.237. The van der Waals surface area contributed by atoms with E-state index >= 15 is 0 Å². The second kappa shape index (κ2) is 6.71. The molecule has 96 valence electrons. The fraction of sp³-hybridized carbons (Fsp3) is 0.667. The lowest BCUT2D eigenvalue weighted by Crippen LogP contribution is -2.11. The number of thiazole rings is 1. The molecule has 0 fully saturated rings. The van der Waals surface area contributed by atoms with Crippen molar-refractivity contribution in [3.8, 4) is 0 Å². The third-order valence-electron chi connectivity index (χ3n) is 2.23. The Morgan fingerprint density at radius 1 is 1.47 bits per heavy atom. The van der Waals surface area contributed by atoms with Crippen LogP contribution in [-0.4, -0.2) is 24.1 Å². The molecule has 0 amide bonds. The fourth-order valence-corrected chi connectivity index (χ4v) is 2.50. The first kappa shape index (κ1) is 14.1. The third-order valence-corrected chi connectivity index (χ3v) is 3.28. The zero-order valence-electron chi connectivity index (χ0n) is 10.9. The van der Waals surface area contributed by atoms with Crippen LogP contribution in [0.4, 0.5) is 0 Å². The van der Waals surface area contributed by atoms with Crippen LogP contribution in [0, 0.1) is 0 Å². The molecule has 0 aliphatic heterocycles. The Morgan fingerprint density at radius 2 is 2.18 bits per heavy atom. The molecule has 5 heteroatoms. The first-order chi connectivity index (χ1) is 8.10. The van der Waals surface area contributed by atoms with E-state index in [0.717, 1.165) is 17.2 Å². The summed E-state index contributed by atoms with van der Waals surface area (Å²) in [7, 11) is 0. The number of rotatable bonds is 6. The van der Waals surface area contributed by atoms with Crippen molar-refractivity contribution in [2.24, 2.45) is 0 Å². The average Bonchev–Trinajstić information content (AvgIpc) is 2.71. The van der Waals surface area contributed by atoms with Crippen molar-refractivity contribution >= 4 is 17.3 Å². The number of hydrogen-bond donors (Lipinski definition) is 1. The van der Waals surface area contributed by atoms with Crippen LogP contribution >= 0.6 is 11.3 Å². The summed E-state index contributed by atoms with van der Waals surface area (Å²) >= 11 is 1.43. The molecule has 0 bridgehead atoms. The molecule has 17 heavy (non-hydrogen) atoms. The minimum atomic E-state index is -0.253. The van der Waals surface area contributed by atoms with Gasteiger partial charge >= 0.3 is 5.97 Å². The van der Waals surface area contributed by atoms with Crippen molar-refractivity contribution in [2.75, 3.05) is 13.2 Å². The van der Waals surface area contributed by atoms with Gasteiger partial charge in [-0.05, 0) is 19.4 Å². The summed E-state index contributed by atoms with van der Waals surface area (Å²) in [6, 6.07) is 0. The van der Waals surface area contributed by atoms with Crippen molar-refractivity contribution in [1.29, 1.82) is 0 Å². The van der Waals surface area contributed by atoms with E-state index in [2.05, 4.69) is 10.3 Å². The van der Waals surface area contributed by atoms with Gasteiger partial charge in [-0.2, -0.15) is 0 Å². The lowest BCUT2D eigenvalue weighted by molar-refractivity contribution is 0.0530. The van der Waals surface area contributed by atoms with Gasteiger partial charge in [0.2, 0.25) is 0 Å². The second-order valence-electron chi connectivity index (χ2n) is 3.98. The van der Waals surface area contributed by atoms with Crippen molar-refractivity contribution in [2.45, 2.75) is 40.2 Å². The highest BCUT2D eigenvalue weighted by atomic mass is 32.1. The maximum Gasteiger partial charge on any atom is 0.350 e. The molecule has 0 saturated carbocycles. The van der Waals surface area contributed by atoms with Crippen LogP contribution in [0.2, 0.25) is 0 Å². The molecule has 0 spiro atoms.